The third-order valence-electron chi connectivity index (χ3n) is 6.88. The zero-order valence-electron chi connectivity index (χ0n) is 24.8. The van der Waals surface area contributed by atoms with E-state index in [1.807, 2.05) is 38.1 Å². The van der Waals surface area contributed by atoms with Gasteiger partial charge in [-0.2, -0.15) is 4.31 Å². The van der Waals surface area contributed by atoms with Crippen LogP contribution in [0.2, 0.25) is 0 Å². The van der Waals surface area contributed by atoms with E-state index in [2.05, 4.69) is 31.5 Å². The number of carbonyl (C=O) groups excluding carboxylic acids is 2. The molecule has 0 fully saturated rings. The normalized spacial score (nSPS) is 13.0. The number of carbonyl (C=O) groups is 2. The Morgan fingerprint density at radius 1 is 1.02 bits per heavy atom. The lowest BCUT2D eigenvalue weighted by molar-refractivity contribution is -0.122. The van der Waals surface area contributed by atoms with E-state index in [4.69, 9.17) is 5.73 Å². The third-order valence-corrected chi connectivity index (χ3v) is 9.59. The number of nitrogens with one attached hydrogen (secondary N) is 2. The van der Waals surface area contributed by atoms with Gasteiger partial charge >= 0.3 is 0 Å². The van der Waals surface area contributed by atoms with E-state index in [-0.39, 0.29) is 48.5 Å². The van der Waals surface area contributed by atoms with Crippen LogP contribution >= 0.6 is 15.9 Å². The first-order valence-corrected chi connectivity index (χ1v) is 16.6. The van der Waals surface area contributed by atoms with Crippen molar-refractivity contribution in [3.63, 3.8) is 0 Å². The average Bonchev–Trinajstić information content (AvgIpc) is 2.98. The monoisotopic (exact) mass is 689 g/mol. The van der Waals surface area contributed by atoms with Crippen molar-refractivity contribution >= 4 is 43.5 Å². The molecule has 2 aromatic carbocycles. The van der Waals surface area contributed by atoms with E-state index in [1.165, 1.54) is 46.8 Å². The smallest absolute Gasteiger partial charge is 0.270 e. The van der Waals surface area contributed by atoms with Gasteiger partial charge in [0.15, 0.2) is 0 Å². The molecule has 0 aliphatic heterocycles. The second-order valence-electron chi connectivity index (χ2n) is 10.9. The van der Waals surface area contributed by atoms with Crippen molar-refractivity contribution in [3.8, 4) is 5.88 Å². The molecule has 11 nitrogen and oxygen atoms in total. The van der Waals surface area contributed by atoms with Crippen LogP contribution in [0.1, 0.15) is 49.2 Å². The van der Waals surface area contributed by atoms with Crippen molar-refractivity contribution in [2.75, 3.05) is 25.4 Å². The number of aliphatic hydroxyl groups is 1. The predicted octanol–water partition coefficient (Wildman–Crippen LogP) is 3.47. The third kappa shape index (κ3) is 10.0. The molecular formula is C31H40BrN5O6S. The molecule has 3 aromatic rings. The van der Waals surface area contributed by atoms with Crippen molar-refractivity contribution < 1.29 is 28.2 Å². The molecule has 0 saturated heterocycles. The molecule has 0 saturated carbocycles. The number of aromatic nitrogens is 1. The first-order chi connectivity index (χ1) is 20.9. The number of hydrogen-bond acceptors (Lipinski definition) is 8. The van der Waals surface area contributed by atoms with Crippen LogP contribution in [0.5, 0.6) is 5.88 Å². The lowest BCUT2D eigenvalue weighted by Gasteiger charge is -2.31. The summed E-state index contributed by atoms with van der Waals surface area (Å²) < 4.78 is 29.1. The molecule has 3 rings (SSSR count). The molecule has 0 aliphatic carbocycles. The highest BCUT2D eigenvalue weighted by molar-refractivity contribution is 9.10. The molecule has 2 amide bonds. The Bertz CT molecular complexity index is 1500. The number of unbranched alkanes of at least 4 members (excludes halogenated alkanes) is 1. The van der Waals surface area contributed by atoms with Crippen LogP contribution in [0, 0.1) is 5.92 Å². The van der Waals surface area contributed by atoms with Gasteiger partial charge in [0, 0.05) is 41.8 Å². The fraction of sp³-hybridized carbons (Fsp3) is 0.387. The average molecular weight is 691 g/mol. The summed E-state index contributed by atoms with van der Waals surface area (Å²) in [5.41, 5.74) is 6.98. The first kappa shape index (κ1) is 35.0. The van der Waals surface area contributed by atoms with Crippen molar-refractivity contribution in [1.29, 1.82) is 0 Å². The van der Waals surface area contributed by atoms with E-state index in [9.17, 15) is 28.2 Å². The minimum atomic E-state index is -3.88. The number of pyridine rings is 1. The molecule has 1 heterocycles. The van der Waals surface area contributed by atoms with Crippen LogP contribution in [0.15, 0.2) is 76.1 Å². The molecule has 44 heavy (non-hydrogen) atoms. The molecule has 0 radical (unpaired) electrons. The number of nitrogens with zero attached hydrogens (tertiary/aromatic N) is 2. The largest absolute Gasteiger partial charge is 0.493 e. The van der Waals surface area contributed by atoms with Crippen molar-refractivity contribution in [1.82, 2.24) is 19.9 Å². The lowest BCUT2D eigenvalue weighted by Crippen LogP contribution is -2.48. The van der Waals surface area contributed by atoms with Gasteiger partial charge in [0.25, 0.3) is 5.91 Å². The molecule has 238 valence electrons. The molecule has 0 unspecified atom stereocenters. The zero-order valence-corrected chi connectivity index (χ0v) is 27.2. The number of amides is 2. The standard InChI is InChI=1S/C31H40BrN5O6S/c1-21(2)19-37(44(42,43)25-15-13-23(33)14-16-25)24(20-38)9-5-6-17-34-30(40)28(18-22-8-3-4-10-26(22)32)36-31(41)27-11-7-12-29(39)35-27/h3-4,7-8,10-16,21,24,28,38H,5-6,9,17-20,33H2,1-2H3,(H,34,40)(H,35,39)(H,36,41)/t24-,28-/m0/s1. The Morgan fingerprint density at radius 3 is 2.36 bits per heavy atom. The fourth-order valence-electron chi connectivity index (χ4n) is 4.62. The van der Waals surface area contributed by atoms with Gasteiger partial charge in [0.2, 0.25) is 21.8 Å². The van der Waals surface area contributed by atoms with Crippen molar-refractivity contribution in [2.45, 2.75) is 56.5 Å². The van der Waals surface area contributed by atoms with Crippen molar-refractivity contribution in [3.05, 3.63) is 82.5 Å². The molecule has 0 aliphatic rings. The minimum absolute atomic E-state index is 0.0233. The topological polar surface area (TPSA) is 175 Å². The van der Waals surface area contributed by atoms with Gasteiger partial charge < -0.3 is 26.6 Å². The molecule has 13 heteroatoms. The second kappa shape index (κ2) is 16.5. The summed E-state index contributed by atoms with van der Waals surface area (Å²) >= 11 is 3.48. The summed E-state index contributed by atoms with van der Waals surface area (Å²) in [5.74, 6) is -1.29. The highest BCUT2D eigenvalue weighted by Gasteiger charge is 2.31. The fourth-order valence-corrected chi connectivity index (χ4v) is 6.88. The van der Waals surface area contributed by atoms with Gasteiger partial charge in [-0.25, -0.2) is 13.4 Å². The summed E-state index contributed by atoms with van der Waals surface area (Å²) in [7, 11) is -3.88. The maximum atomic E-state index is 13.5. The summed E-state index contributed by atoms with van der Waals surface area (Å²) in [4.78, 5) is 30.0. The van der Waals surface area contributed by atoms with Crippen LogP contribution in [0.4, 0.5) is 5.69 Å². The van der Waals surface area contributed by atoms with Crippen LogP contribution in [0.25, 0.3) is 0 Å². The molecule has 0 spiro atoms. The summed E-state index contributed by atoms with van der Waals surface area (Å²) in [6.07, 6.45) is 1.64. The number of sulfonamides is 1. The number of aliphatic hydroxyl groups excluding tert-OH is 1. The van der Waals surface area contributed by atoms with Gasteiger partial charge in [-0.05, 0) is 60.7 Å². The van der Waals surface area contributed by atoms with Gasteiger partial charge in [-0.1, -0.05) is 60.5 Å². The minimum Gasteiger partial charge on any atom is -0.493 e. The first-order valence-electron chi connectivity index (χ1n) is 14.4. The highest BCUT2D eigenvalue weighted by Crippen LogP contribution is 2.23. The number of rotatable bonds is 16. The van der Waals surface area contributed by atoms with E-state index >= 15 is 0 Å². The Labute approximate surface area is 267 Å². The number of aromatic hydroxyl groups is 1. The van der Waals surface area contributed by atoms with Gasteiger partial charge in [0.05, 0.1) is 11.5 Å². The molecule has 1 aromatic heterocycles. The van der Waals surface area contributed by atoms with Crippen molar-refractivity contribution in [2.24, 2.45) is 5.92 Å². The number of anilines is 1. The maximum absolute atomic E-state index is 13.5. The molecule has 6 N–H and O–H groups in total. The van der Waals surface area contributed by atoms with Crippen LogP contribution < -0.4 is 16.4 Å². The van der Waals surface area contributed by atoms with Gasteiger partial charge in [-0.15, -0.1) is 0 Å². The summed E-state index contributed by atoms with van der Waals surface area (Å²) in [6, 6.07) is 16.1. The van der Waals surface area contributed by atoms with Crippen LogP contribution in [0.3, 0.4) is 0 Å². The summed E-state index contributed by atoms with van der Waals surface area (Å²) in [5, 5.41) is 25.4. The molecule has 2 atom stereocenters. The summed E-state index contributed by atoms with van der Waals surface area (Å²) in [6.45, 7) is 3.98. The number of halogens is 1. The van der Waals surface area contributed by atoms with E-state index in [1.54, 1.807) is 0 Å². The second-order valence-corrected chi connectivity index (χ2v) is 13.6. The number of benzene rings is 2. The zero-order chi connectivity index (χ0) is 32.3. The Kier molecular flexibility index (Phi) is 13.1. The van der Waals surface area contributed by atoms with E-state index in [0.29, 0.717) is 24.9 Å². The maximum Gasteiger partial charge on any atom is 0.270 e. The number of nitrogens with two attached hydrogens (primary N) is 1. The molecule has 0 bridgehead atoms. The Hall–Kier alpha value is -3.52. The number of hydrogen-bond donors (Lipinski definition) is 5. The van der Waals surface area contributed by atoms with E-state index in [0.717, 1.165) is 10.0 Å². The predicted molar refractivity (Wildman–Crippen MR) is 172 cm³/mol. The van der Waals surface area contributed by atoms with Crippen LogP contribution in [-0.4, -0.2) is 71.5 Å². The van der Waals surface area contributed by atoms with E-state index < -0.39 is 33.9 Å². The lowest BCUT2D eigenvalue weighted by atomic mass is 10.0. The SMILES string of the molecule is CC(C)CN([C@H](CO)CCCCNC(=O)[C@H](Cc1ccccc1Br)NC(=O)c1cccc(O)n1)S(=O)(=O)c1ccc(N)cc1. The van der Waals surface area contributed by atoms with Gasteiger partial charge in [-0.3, -0.25) is 9.59 Å². The quantitative estimate of drug-likeness (QED) is 0.112. The Balaban J connectivity index is 1.63. The number of nitrogen functional groups attached to an aromatic ring is 1. The Morgan fingerprint density at radius 2 is 1.73 bits per heavy atom. The van der Waals surface area contributed by atoms with Crippen LogP contribution in [-0.2, 0) is 21.2 Å². The molecular weight excluding hydrogens is 650 g/mol. The highest BCUT2D eigenvalue weighted by atomic mass is 79.9. The van der Waals surface area contributed by atoms with Gasteiger partial charge in [0.1, 0.15) is 11.7 Å².